The molecule has 3 rings (SSSR count). The Labute approximate surface area is 177 Å². The summed E-state index contributed by atoms with van der Waals surface area (Å²) < 4.78 is 11.4. The molecule has 0 spiro atoms. The topological polar surface area (TPSA) is 67.3 Å². The van der Waals surface area contributed by atoms with Crippen LogP contribution in [0.5, 0.6) is 0 Å². The molecular weight excluding hydrogens is 380 g/mol. The quantitative estimate of drug-likeness (QED) is 0.444. The lowest BCUT2D eigenvalue weighted by molar-refractivity contribution is -0.149. The first-order valence-electron chi connectivity index (χ1n) is 9.91. The Balaban J connectivity index is 1.98. The molecule has 1 aliphatic rings. The Morgan fingerprint density at radius 2 is 2.00 bits per heavy atom. The van der Waals surface area contributed by atoms with Crippen LogP contribution in [0.4, 0.5) is 5.69 Å². The first-order chi connectivity index (χ1) is 14.0. The minimum absolute atomic E-state index is 0.0916. The summed E-state index contributed by atoms with van der Waals surface area (Å²) in [4.78, 5) is 17.6. The maximum Gasteiger partial charge on any atom is 0.336 e. The molecule has 1 heterocycles. The number of aliphatic hydroxyl groups excluding tert-OH is 1. The van der Waals surface area contributed by atoms with Crippen molar-refractivity contribution < 1.29 is 19.1 Å². The Kier molecular flexibility index (Phi) is 5.53. The number of hydrogen-bond acceptors (Lipinski definition) is 5. The third-order valence-corrected chi connectivity index (χ3v) is 5.23. The lowest BCUT2D eigenvalue weighted by Gasteiger charge is -2.24. The van der Waals surface area contributed by atoms with E-state index in [2.05, 4.69) is 24.8 Å². The van der Waals surface area contributed by atoms with Gasteiger partial charge in [-0.25, -0.2) is 4.85 Å². The molecule has 0 atom stereocenters. The fourth-order valence-electron chi connectivity index (χ4n) is 3.66. The minimum atomic E-state index is -0.673. The summed E-state index contributed by atoms with van der Waals surface area (Å²) in [7, 11) is 1.95. The van der Waals surface area contributed by atoms with Gasteiger partial charge in [-0.3, -0.25) is 4.79 Å². The molecule has 0 fully saturated rings. The van der Waals surface area contributed by atoms with Crippen LogP contribution in [-0.4, -0.2) is 36.9 Å². The summed E-state index contributed by atoms with van der Waals surface area (Å²) in [5, 5.41) is 9.21. The molecule has 6 heteroatoms. The highest BCUT2D eigenvalue weighted by atomic mass is 16.6. The molecule has 0 bridgehead atoms. The van der Waals surface area contributed by atoms with Crippen LogP contribution in [0.3, 0.4) is 0 Å². The van der Waals surface area contributed by atoms with Gasteiger partial charge in [-0.2, -0.15) is 0 Å². The van der Waals surface area contributed by atoms with Gasteiger partial charge in [0.1, 0.15) is 17.1 Å². The highest BCUT2D eigenvalue weighted by Gasteiger charge is 2.39. The second-order valence-electron chi connectivity index (χ2n) is 9.03. The van der Waals surface area contributed by atoms with Crippen molar-refractivity contribution in [2.45, 2.75) is 45.6 Å². The van der Waals surface area contributed by atoms with Crippen LogP contribution in [-0.2, 0) is 14.9 Å². The molecule has 2 aromatic rings. The van der Waals surface area contributed by atoms with Crippen LogP contribution in [0.25, 0.3) is 22.2 Å². The molecule has 1 aliphatic carbocycles. The molecule has 0 unspecified atom stereocenters. The van der Waals surface area contributed by atoms with Gasteiger partial charge in [0.15, 0.2) is 0 Å². The zero-order chi connectivity index (χ0) is 22.3. The average molecular weight is 408 g/mol. The summed E-state index contributed by atoms with van der Waals surface area (Å²) in [6.07, 6.45) is 1.44. The Morgan fingerprint density at radius 1 is 1.30 bits per heavy atom. The predicted octanol–water partition coefficient (Wildman–Crippen LogP) is 4.62. The monoisotopic (exact) mass is 408 g/mol. The van der Waals surface area contributed by atoms with Crippen LogP contribution in [0.1, 0.15) is 51.5 Å². The number of esters is 1. The SMILES string of the molecule is [C-]#[N+]/C(=C\c1cc2c(o1)-c1ccc(N(C)CCO)cc1C2(C)C)C(=O)OC(C)(C)C. The minimum Gasteiger partial charge on any atom is -0.465 e. The molecule has 6 nitrogen and oxygen atoms in total. The van der Waals surface area contributed by atoms with Crippen LogP contribution < -0.4 is 4.90 Å². The molecule has 158 valence electrons. The summed E-state index contributed by atoms with van der Waals surface area (Å²) in [6, 6.07) is 8.04. The van der Waals surface area contributed by atoms with Gasteiger partial charge >= 0.3 is 5.97 Å². The average Bonchev–Trinajstić information content (AvgIpc) is 3.16. The van der Waals surface area contributed by atoms with Gasteiger partial charge < -0.3 is 19.2 Å². The molecule has 30 heavy (non-hydrogen) atoms. The van der Waals surface area contributed by atoms with Crippen molar-refractivity contribution in [3.63, 3.8) is 0 Å². The van der Waals surface area contributed by atoms with Gasteiger partial charge in [0.05, 0.1) is 13.2 Å². The van der Waals surface area contributed by atoms with Crippen molar-refractivity contribution in [2.75, 3.05) is 25.1 Å². The van der Waals surface area contributed by atoms with Crippen LogP contribution in [0.15, 0.2) is 34.4 Å². The number of carbonyl (C=O) groups is 1. The van der Waals surface area contributed by atoms with Gasteiger partial charge in [0, 0.05) is 35.8 Å². The van der Waals surface area contributed by atoms with Gasteiger partial charge in [-0.05, 0) is 56.7 Å². The summed E-state index contributed by atoms with van der Waals surface area (Å²) >= 11 is 0. The molecule has 1 N–H and O–H groups in total. The summed E-state index contributed by atoms with van der Waals surface area (Å²) in [6.45, 7) is 17.5. The number of hydrogen-bond donors (Lipinski definition) is 1. The van der Waals surface area contributed by atoms with Crippen molar-refractivity contribution in [3.05, 3.63) is 58.3 Å². The van der Waals surface area contributed by atoms with Crippen LogP contribution in [0, 0.1) is 6.57 Å². The zero-order valence-corrected chi connectivity index (χ0v) is 18.4. The highest BCUT2D eigenvalue weighted by molar-refractivity contribution is 5.95. The van der Waals surface area contributed by atoms with Crippen LogP contribution in [0.2, 0.25) is 0 Å². The number of fused-ring (bicyclic) bond motifs is 3. The number of rotatable bonds is 5. The first-order valence-corrected chi connectivity index (χ1v) is 9.91. The number of carbonyl (C=O) groups excluding carboxylic acids is 1. The predicted molar refractivity (Wildman–Crippen MR) is 117 cm³/mol. The number of nitrogens with zero attached hydrogens (tertiary/aromatic N) is 2. The molecule has 0 aliphatic heterocycles. The van der Waals surface area contributed by atoms with Gasteiger partial charge in [-0.15, -0.1) is 0 Å². The van der Waals surface area contributed by atoms with Crippen molar-refractivity contribution in [2.24, 2.45) is 0 Å². The summed E-state index contributed by atoms with van der Waals surface area (Å²) in [5.41, 5.74) is 3.11. The standard InChI is InChI=1S/C24H28N2O4/c1-23(2,3)30-22(28)20(25-6)14-16-13-19-21(29-16)17-9-8-15(26(7)10-11-27)12-18(17)24(19,4)5/h8-9,12-14,27H,10-11H2,1-5,7H3/b20-14-. The van der Waals surface area contributed by atoms with E-state index < -0.39 is 11.6 Å². The number of furan rings is 1. The maximum atomic E-state index is 12.3. The van der Waals surface area contributed by atoms with E-state index in [9.17, 15) is 9.90 Å². The van der Waals surface area contributed by atoms with E-state index in [0.717, 1.165) is 28.1 Å². The maximum absolute atomic E-state index is 12.3. The summed E-state index contributed by atoms with van der Waals surface area (Å²) in [5.74, 6) is 0.550. The third-order valence-electron chi connectivity index (χ3n) is 5.23. The Morgan fingerprint density at radius 3 is 2.60 bits per heavy atom. The highest BCUT2D eigenvalue weighted by Crippen LogP contribution is 2.51. The van der Waals surface area contributed by atoms with E-state index in [-0.39, 0.29) is 17.7 Å². The Bertz CT molecular complexity index is 1050. The van der Waals surface area contributed by atoms with E-state index in [1.165, 1.54) is 6.08 Å². The van der Waals surface area contributed by atoms with E-state index in [1.54, 1.807) is 20.8 Å². The molecule has 1 aromatic heterocycles. The Hall–Kier alpha value is -3.04. The van der Waals surface area contributed by atoms with Crippen molar-refractivity contribution >= 4 is 17.7 Å². The van der Waals surface area contributed by atoms with Gasteiger partial charge in [0.2, 0.25) is 0 Å². The normalized spacial score (nSPS) is 14.7. The van der Waals surface area contributed by atoms with Crippen molar-refractivity contribution in [1.29, 1.82) is 0 Å². The largest absolute Gasteiger partial charge is 0.465 e. The van der Waals surface area contributed by atoms with E-state index >= 15 is 0 Å². The molecule has 0 saturated carbocycles. The fourth-order valence-corrected chi connectivity index (χ4v) is 3.66. The number of ether oxygens (including phenoxy) is 1. The second-order valence-corrected chi connectivity index (χ2v) is 9.03. The lowest BCUT2D eigenvalue weighted by atomic mass is 9.82. The third kappa shape index (κ3) is 3.99. The van der Waals surface area contributed by atoms with E-state index in [4.69, 9.17) is 15.7 Å². The molecular formula is C24H28N2O4. The van der Waals surface area contributed by atoms with Crippen molar-refractivity contribution in [1.82, 2.24) is 0 Å². The van der Waals surface area contributed by atoms with Gasteiger partial charge in [0.25, 0.3) is 5.70 Å². The first kappa shape index (κ1) is 21.7. The molecule has 1 aromatic carbocycles. The molecule has 0 saturated heterocycles. The fraction of sp³-hybridized carbons (Fsp3) is 0.417. The number of anilines is 1. The zero-order valence-electron chi connectivity index (χ0n) is 18.4. The number of benzene rings is 1. The lowest BCUT2D eigenvalue weighted by Crippen LogP contribution is -2.24. The molecule has 0 radical (unpaired) electrons. The number of likely N-dealkylation sites (N-methyl/N-ethyl adjacent to an activating group) is 1. The van der Waals surface area contributed by atoms with Crippen molar-refractivity contribution in [3.8, 4) is 11.3 Å². The van der Waals surface area contributed by atoms with E-state index in [0.29, 0.717) is 12.3 Å². The van der Waals surface area contributed by atoms with E-state index in [1.807, 2.05) is 30.1 Å². The van der Waals surface area contributed by atoms with Gasteiger partial charge in [-0.1, -0.05) is 13.8 Å². The van der Waals surface area contributed by atoms with Crippen LogP contribution >= 0.6 is 0 Å². The number of aliphatic hydroxyl groups is 1. The smallest absolute Gasteiger partial charge is 0.336 e. The second kappa shape index (κ2) is 7.66. The molecule has 0 amide bonds.